The second-order valence-corrected chi connectivity index (χ2v) is 7.94. The molecular formula is C20H23ClN4O4. The first-order chi connectivity index (χ1) is 14.0. The van der Waals surface area contributed by atoms with Crippen LogP contribution < -0.4 is 5.73 Å². The number of aliphatic hydroxyl groups excluding tert-OH is 1. The van der Waals surface area contributed by atoms with E-state index in [0.717, 1.165) is 32.1 Å². The zero-order valence-corrected chi connectivity index (χ0v) is 16.6. The van der Waals surface area contributed by atoms with E-state index in [1.165, 1.54) is 0 Å². The average Bonchev–Trinajstić information content (AvgIpc) is 3.30. The molecule has 1 saturated carbocycles. The molecule has 8 nitrogen and oxygen atoms in total. The van der Waals surface area contributed by atoms with E-state index in [-0.39, 0.29) is 29.4 Å². The first kappa shape index (κ1) is 20.0. The van der Waals surface area contributed by atoms with E-state index in [1.807, 2.05) is 0 Å². The van der Waals surface area contributed by atoms with Crippen LogP contribution in [0.5, 0.6) is 0 Å². The summed E-state index contributed by atoms with van der Waals surface area (Å²) in [5.41, 5.74) is 4.98. The molecule has 9 heteroatoms. The fourth-order valence-electron chi connectivity index (χ4n) is 4.20. The van der Waals surface area contributed by atoms with Crippen LogP contribution in [0.2, 0.25) is 5.28 Å². The second-order valence-electron chi connectivity index (χ2n) is 7.60. The van der Waals surface area contributed by atoms with Crippen LogP contribution in [-0.4, -0.2) is 43.9 Å². The molecule has 0 amide bonds. The van der Waals surface area contributed by atoms with Gasteiger partial charge < -0.3 is 24.9 Å². The number of fused-ring (bicyclic) bond motifs is 1. The molecule has 2 aliphatic rings. The number of hydrogen-bond acceptors (Lipinski definition) is 7. The Kier molecular flexibility index (Phi) is 5.38. The molecule has 0 bridgehead atoms. The first-order valence-corrected chi connectivity index (χ1v) is 10.1. The number of aromatic nitrogens is 3. The summed E-state index contributed by atoms with van der Waals surface area (Å²) in [6.45, 7) is -0.473. The quantitative estimate of drug-likeness (QED) is 0.445. The second kappa shape index (κ2) is 7.82. The van der Waals surface area contributed by atoms with Gasteiger partial charge in [-0.05, 0) is 30.5 Å². The Hall–Kier alpha value is -2.34. The minimum atomic E-state index is -1.42. The fourth-order valence-corrected chi connectivity index (χ4v) is 4.37. The lowest BCUT2D eigenvalue weighted by atomic mass is 9.89. The van der Waals surface area contributed by atoms with Crippen molar-refractivity contribution in [2.24, 2.45) is 5.92 Å². The molecule has 2 aromatic heterocycles. The lowest BCUT2D eigenvalue weighted by molar-refractivity contribution is -0.164. The van der Waals surface area contributed by atoms with Crippen LogP contribution in [0.15, 0.2) is 12.3 Å². The number of carbonyl (C=O) groups excluding carboxylic acids is 1. The van der Waals surface area contributed by atoms with Crippen LogP contribution >= 0.6 is 11.6 Å². The maximum absolute atomic E-state index is 12.7. The zero-order valence-electron chi connectivity index (χ0n) is 15.9. The summed E-state index contributed by atoms with van der Waals surface area (Å²) in [6, 6.07) is 1.75. The summed E-state index contributed by atoms with van der Waals surface area (Å²) in [7, 11) is 0. The minimum Gasteiger partial charge on any atom is -0.458 e. The third kappa shape index (κ3) is 3.54. The number of anilines is 1. The SMILES string of the molecule is C#C[C@]1(CO)O[C@@H](n2ccc3c(N)nc(Cl)nc32)C[C@@H]1OC(=O)C1CCCCC1. The molecule has 2 fully saturated rings. The van der Waals surface area contributed by atoms with E-state index in [9.17, 15) is 9.90 Å². The van der Waals surface area contributed by atoms with Crippen molar-refractivity contribution in [2.75, 3.05) is 12.3 Å². The average molecular weight is 419 g/mol. The number of ether oxygens (including phenoxy) is 2. The van der Waals surface area contributed by atoms with Crippen LogP contribution in [-0.2, 0) is 14.3 Å². The van der Waals surface area contributed by atoms with Crippen LogP contribution in [0, 0.1) is 18.3 Å². The van der Waals surface area contributed by atoms with Gasteiger partial charge in [0.1, 0.15) is 23.8 Å². The summed E-state index contributed by atoms with van der Waals surface area (Å²) in [6.07, 6.45) is 11.1. The van der Waals surface area contributed by atoms with Gasteiger partial charge in [-0.15, -0.1) is 6.42 Å². The highest BCUT2D eigenvalue weighted by Crippen LogP contribution is 2.41. The number of nitrogens with two attached hydrogens (primary N) is 1. The lowest BCUT2D eigenvalue weighted by Crippen LogP contribution is -2.45. The third-order valence-electron chi connectivity index (χ3n) is 5.84. The highest BCUT2D eigenvalue weighted by molar-refractivity contribution is 6.28. The van der Waals surface area contributed by atoms with E-state index in [2.05, 4.69) is 15.9 Å². The molecular weight excluding hydrogens is 396 g/mol. The molecule has 1 saturated heterocycles. The van der Waals surface area contributed by atoms with Crippen molar-refractivity contribution in [3.63, 3.8) is 0 Å². The maximum atomic E-state index is 12.7. The Bertz CT molecular complexity index is 965. The molecule has 0 unspecified atom stereocenters. The van der Waals surface area contributed by atoms with Crippen molar-refractivity contribution in [2.45, 2.75) is 56.5 Å². The van der Waals surface area contributed by atoms with E-state index in [1.54, 1.807) is 16.8 Å². The molecule has 4 rings (SSSR count). The Morgan fingerprint density at radius 1 is 1.45 bits per heavy atom. The standard InChI is InChI=1S/C20H23ClN4O4/c1-2-20(11-26)14(28-18(27)12-6-4-3-5-7-12)10-15(29-20)25-9-8-13-16(22)23-19(21)24-17(13)25/h1,8-9,12,14-15,26H,3-7,10-11H2,(H2,22,23,24)/t14-,15+,20+/m0/s1. The summed E-state index contributed by atoms with van der Waals surface area (Å²) < 4.78 is 13.5. The number of nitrogens with zero attached hydrogens (tertiary/aromatic N) is 3. The molecule has 0 aromatic carbocycles. The van der Waals surface area contributed by atoms with Crippen molar-refractivity contribution < 1.29 is 19.4 Å². The van der Waals surface area contributed by atoms with Gasteiger partial charge in [0.2, 0.25) is 5.28 Å². The number of aliphatic hydroxyl groups is 1. The van der Waals surface area contributed by atoms with Gasteiger partial charge in [-0.2, -0.15) is 4.98 Å². The summed E-state index contributed by atoms with van der Waals surface area (Å²) >= 11 is 5.96. The molecule has 0 spiro atoms. The van der Waals surface area contributed by atoms with Gasteiger partial charge in [-0.1, -0.05) is 25.2 Å². The lowest BCUT2D eigenvalue weighted by Gasteiger charge is -2.29. The largest absolute Gasteiger partial charge is 0.458 e. The highest BCUT2D eigenvalue weighted by atomic mass is 35.5. The monoisotopic (exact) mass is 418 g/mol. The first-order valence-electron chi connectivity index (χ1n) is 9.74. The number of carbonyl (C=O) groups is 1. The molecule has 3 atom stereocenters. The molecule has 3 N–H and O–H groups in total. The number of esters is 1. The Morgan fingerprint density at radius 2 is 2.21 bits per heavy atom. The highest BCUT2D eigenvalue weighted by Gasteiger charge is 2.51. The number of halogens is 1. The van der Waals surface area contributed by atoms with Crippen LogP contribution in [0.3, 0.4) is 0 Å². The molecule has 29 heavy (non-hydrogen) atoms. The van der Waals surface area contributed by atoms with Gasteiger partial charge in [0.15, 0.2) is 5.60 Å². The minimum absolute atomic E-state index is 0.0126. The van der Waals surface area contributed by atoms with Gasteiger partial charge in [0.05, 0.1) is 17.9 Å². The predicted octanol–water partition coefficient (Wildman–Crippen LogP) is 2.44. The Labute approximate surface area is 173 Å². The number of terminal acetylenes is 1. The smallest absolute Gasteiger partial charge is 0.309 e. The van der Waals surface area contributed by atoms with Crippen molar-refractivity contribution >= 4 is 34.4 Å². The van der Waals surface area contributed by atoms with Crippen molar-refractivity contribution in [3.8, 4) is 12.3 Å². The number of rotatable bonds is 4. The maximum Gasteiger partial charge on any atom is 0.309 e. The molecule has 0 radical (unpaired) electrons. The van der Waals surface area contributed by atoms with E-state index >= 15 is 0 Å². The van der Waals surface area contributed by atoms with Gasteiger partial charge >= 0.3 is 5.97 Å². The predicted molar refractivity (Wildman–Crippen MR) is 107 cm³/mol. The van der Waals surface area contributed by atoms with Crippen LogP contribution in [0.25, 0.3) is 11.0 Å². The van der Waals surface area contributed by atoms with Crippen molar-refractivity contribution in [1.29, 1.82) is 0 Å². The zero-order chi connectivity index (χ0) is 20.6. The van der Waals surface area contributed by atoms with E-state index in [4.69, 9.17) is 33.2 Å². The summed E-state index contributed by atoms with van der Waals surface area (Å²) in [4.78, 5) is 20.9. The van der Waals surface area contributed by atoms with Gasteiger partial charge in [0.25, 0.3) is 0 Å². The topological polar surface area (TPSA) is 112 Å². The fraction of sp³-hybridized carbons (Fsp3) is 0.550. The van der Waals surface area contributed by atoms with Gasteiger partial charge in [-0.3, -0.25) is 4.79 Å². The molecule has 154 valence electrons. The summed E-state index contributed by atoms with van der Waals surface area (Å²) in [5.74, 6) is 2.35. The van der Waals surface area contributed by atoms with Crippen molar-refractivity contribution in [3.05, 3.63) is 17.5 Å². The molecule has 3 heterocycles. The Balaban J connectivity index is 1.61. The van der Waals surface area contributed by atoms with Crippen LogP contribution in [0.4, 0.5) is 5.82 Å². The van der Waals surface area contributed by atoms with E-state index in [0.29, 0.717) is 11.0 Å². The number of hydrogen-bond donors (Lipinski definition) is 2. The molecule has 1 aliphatic carbocycles. The normalized spacial score (nSPS) is 27.8. The number of nitrogen functional groups attached to an aromatic ring is 1. The van der Waals surface area contributed by atoms with E-state index < -0.39 is 24.5 Å². The summed E-state index contributed by atoms with van der Waals surface area (Å²) in [5, 5.41) is 10.6. The van der Waals surface area contributed by atoms with Gasteiger partial charge in [0, 0.05) is 12.6 Å². The van der Waals surface area contributed by atoms with Crippen LogP contribution in [0.1, 0.15) is 44.8 Å². The molecule has 1 aliphatic heterocycles. The Morgan fingerprint density at radius 3 is 2.90 bits per heavy atom. The van der Waals surface area contributed by atoms with Gasteiger partial charge in [-0.25, -0.2) is 4.98 Å². The van der Waals surface area contributed by atoms with Crippen molar-refractivity contribution in [1.82, 2.24) is 14.5 Å². The third-order valence-corrected chi connectivity index (χ3v) is 6.01. The molecule has 2 aromatic rings.